The van der Waals surface area contributed by atoms with E-state index in [4.69, 9.17) is 25.8 Å². The van der Waals surface area contributed by atoms with Crippen molar-refractivity contribution < 1.29 is 29.2 Å². The van der Waals surface area contributed by atoms with E-state index < -0.39 is 30.2 Å². The van der Waals surface area contributed by atoms with Crippen molar-refractivity contribution in [3.63, 3.8) is 0 Å². The normalized spacial score (nSPS) is 24.5. The molecule has 3 rings (SSSR count). The third kappa shape index (κ3) is 4.97. The van der Waals surface area contributed by atoms with Crippen molar-refractivity contribution in [1.82, 2.24) is 0 Å². The minimum absolute atomic E-state index is 0.00569. The molecule has 0 aliphatic carbocycles. The average molecular weight is 421 g/mol. The van der Waals surface area contributed by atoms with Gasteiger partial charge in [-0.1, -0.05) is 35.9 Å². The van der Waals surface area contributed by atoms with Gasteiger partial charge in [0.25, 0.3) is 0 Å². The number of benzene rings is 2. The number of ether oxygens (including phenoxy) is 3. The number of aliphatic hydroxyl groups excluding tert-OH is 2. The molecular formula is C22H25ClO6. The molecule has 2 aromatic rings. The highest BCUT2D eigenvalue weighted by Gasteiger charge is 2.44. The average Bonchev–Trinajstić information content (AvgIpc) is 2.72. The van der Waals surface area contributed by atoms with E-state index in [1.807, 2.05) is 37.3 Å². The minimum atomic E-state index is -1.53. The van der Waals surface area contributed by atoms with Gasteiger partial charge in [0.2, 0.25) is 0 Å². The molecule has 1 saturated heterocycles. The SMILES string of the molecule is CCOc1ccc(Cc2cc([C@@H]3O[C@H](COC)C(=O)[C@H](O)[C@H]3O)ccc2Cl)cc1. The summed E-state index contributed by atoms with van der Waals surface area (Å²) in [6.45, 7) is 2.55. The molecule has 0 bridgehead atoms. The van der Waals surface area contributed by atoms with E-state index >= 15 is 0 Å². The Morgan fingerprint density at radius 1 is 1.14 bits per heavy atom. The zero-order valence-corrected chi connectivity index (χ0v) is 17.1. The number of carbonyl (C=O) groups excluding carboxylic acids is 1. The summed E-state index contributed by atoms with van der Waals surface area (Å²) < 4.78 is 16.2. The summed E-state index contributed by atoms with van der Waals surface area (Å²) in [4.78, 5) is 12.1. The van der Waals surface area contributed by atoms with Crippen LogP contribution in [0.1, 0.15) is 29.7 Å². The number of halogens is 1. The van der Waals surface area contributed by atoms with Gasteiger partial charge in [-0.3, -0.25) is 4.79 Å². The molecule has 2 N–H and O–H groups in total. The molecule has 1 heterocycles. The lowest BCUT2D eigenvalue weighted by atomic mass is 9.91. The van der Waals surface area contributed by atoms with Crippen molar-refractivity contribution in [3.05, 3.63) is 64.2 Å². The van der Waals surface area contributed by atoms with Crippen LogP contribution in [0.15, 0.2) is 42.5 Å². The van der Waals surface area contributed by atoms with Gasteiger partial charge in [-0.25, -0.2) is 0 Å². The molecule has 2 aromatic carbocycles. The number of carbonyl (C=O) groups is 1. The molecule has 0 saturated carbocycles. The fourth-order valence-electron chi connectivity index (χ4n) is 3.39. The Labute approximate surface area is 175 Å². The fraction of sp³-hybridized carbons (Fsp3) is 0.409. The van der Waals surface area contributed by atoms with Gasteiger partial charge in [-0.05, 0) is 48.2 Å². The number of ketones is 1. The fourth-order valence-corrected chi connectivity index (χ4v) is 3.58. The quantitative estimate of drug-likeness (QED) is 0.716. The van der Waals surface area contributed by atoms with Crippen molar-refractivity contribution in [2.75, 3.05) is 20.3 Å². The number of methoxy groups -OCH3 is 1. The third-order valence-corrected chi connectivity index (χ3v) is 5.27. The predicted molar refractivity (Wildman–Crippen MR) is 108 cm³/mol. The van der Waals surface area contributed by atoms with Crippen molar-refractivity contribution >= 4 is 17.4 Å². The van der Waals surface area contributed by atoms with Gasteiger partial charge in [0, 0.05) is 12.1 Å². The lowest BCUT2D eigenvalue weighted by molar-refractivity contribution is -0.189. The summed E-state index contributed by atoms with van der Waals surface area (Å²) in [6.07, 6.45) is -4.12. The Balaban J connectivity index is 1.83. The smallest absolute Gasteiger partial charge is 0.195 e. The summed E-state index contributed by atoms with van der Waals surface area (Å²) >= 11 is 6.38. The lowest BCUT2D eigenvalue weighted by Crippen LogP contribution is -2.52. The molecule has 0 radical (unpaired) electrons. The van der Waals surface area contributed by atoms with E-state index in [-0.39, 0.29) is 6.61 Å². The Morgan fingerprint density at radius 3 is 2.52 bits per heavy atom. The summed E-state index contributed by atoms with van der Waals surface area (Å²) in [5.74, 6) is 0.219. The molecule has 1 fully saturated rings. The van der Waals surface area contributed by atoms with Crippen molar-refractivity contribution in [2.45, 2.75) is 37.8 Å². The van der Waals surface area contributed by atoms with Crippen LogP contribution in [0.4, 0.5) is 0 Å². The molecular weight excluding hydrogens is 396 g/mol. The van der Waals surface area contributed by atoms with Crippen LogP contribution in [-0.4, -0.2) is 54.6 Å². The van der Waals surface area contributed by atoms with Crippen LogP contribution < -0.4 is 4.74 Å². The van der Waals surface area contributed by atoms with Crippen LogP contribution in [0.3, 0.4) is 0 Å². The number of hydrogen-bond acceptors (Lipinski definition) is 6. The third-order valence-electron chi connectivity index (χ3n) is 4.90. The Bertz CT molecular complexity index is 838. The van der Waals surface area contributed by atoms with Crippen LogP contribution in [0.2, 0.25) is 5.02 Å². The standard InChI is InChI=1S/C22H25ClO6/c1-3-28-16-7-4-13(5-8-16)10-15-11-14(6-9-17(15)23)22-21(26)20(25)19(24)18(29-22)12-27-2/h4-9,11,18,20-22,25-26H,3,10,12H2,1-2H3/t18-,20+,21-,22+/m1/s1. The summed E-state index contributed by atoms with van der Waals surface area (Å²) in [5.41, 5.74) is 2.53. The molecule has 156 valence electrons. The molecule has 7 heteroatoms. The van der Waals surface area contributed by atoms with Crippen molar-refractivity contribution in [1.29, 1.82) is 0 Å². The molecule has 29 heavy (non-hydrogen) atoms. The topological polar surface area (TPSA) is 85.2 Å². The Kier molecular flexibility index (Phi) is 7.27. The van der Waals surface area contributed by atoms with Crippen molar-refractivity contribution in [3.8, 4) is 5.75 Å². The molecule has 0 amide bonds. The van der Waals surface area contributed by atoms with E-state index in [9.17, 15) is 15.0 Å². The summed E-state index contributed by atoms with van der Waals surface area (Å²) in [5, 5.41) is 21.1. The molecule has 6 nitrogen and oxygen atoms in total. The van der Waals surface area contributed by atoms with Gasteiger partial charge in [-0.2, -0.15) is 0 Å². The van der Waals surface area contributed by atoms with E-state index in [1.165, 1.54) is 7.11 Å². The molecule has 0 spiro atoms. The maximum absolute atomic E-state index is 12.1. The largest absolute Gasteiger partial charge is 0.494 e. The van der Waals surface area contributed by atoms with Crippen molar-refractivity contribution in [2.24, 2.45) is 0 Å². The molecule has 1 aliphatic heterocycles. The molecule has 0 aromatic heterocycles. The highest BCUT2D eigenvalue weighted by atomic mass is 35.5. The number of rotatable bonds is 7. The van der Waals surface area contributed by atoms with E-state index in [1.54, 1.807) is 12.1 Å². The van der Waals surface area contributed by atoms with Gasteiger partial charge in [0.15, 0.2) is 5.78 Å². The Hall–Kier alpha value is -1.96. The first kappa shape index (κ1) is 21.7. The molecule has 4 atom stereocenters. The first-order valence-electron chi connectivity index (χ1n) is 9.49. The predicted octanol–water partition coefficient (Wildman–Crippen LogP) is 2.71. The van der Waals surface area contributed by atoms with Gasteiger partial charge in [0.1, 0.15) is 30.2 Å². The Morgan fingerprint density at radius 2 is 1.86 bits per heavy atom. The van der Waals surface area contributed by atoms with E-state index in [2.05, 4.69) is 0 Å². The molecule has 1 aliphatic rings. The highest BCUT2D eigenvalue weighted by Crippen LogP contribution is 2.33. The maximum atomic E-state index is 12.1. The van der Waals surface area contributed by atoms with E-state index in [0.717, 1.165) is 16.9 Å². The lowest BCUT2D eigenvalue weighted by Gasteiger charge is -2.36. The molecule has 0 unspecified atom stereocenters. The number of hydrogen-bond donors (Lipinski definition) is 2. The van der Waals surface area contributed by atoms with Crippen LogP contribution in [-0.2, 0) is 20.7 Å². The summed E-state index contributed by atoms with van der Waals surface area (Å²) in [6, 6.07) is 13.0. The second-order valence-corrected chi connectivity index (χ2v) is 7.35. The first-order valence-corrected chi connectivity index (χ1v) is 9.86. The second-order valence-electron chi connectivity index (χ2n) is 6.94. The zero-order chi connectivity index (χ0) is 21.0. The maximum Gasteiger partial charge on any atom is 0.195 e. The summed E-state index contributed by atoms with van der Waals surface area (Å²) in [7, 11) is 1.44. The van der Waals surface area contributed by atoms with Crippen LogP contribution in [0.5, 0.6) is 5.75 Å². The van der Waals surface area contributed by atoms with Gasteiger partial charge < -0.3 is 24.4 Å². The van der Waals surface area contributed by atoms with E-state index in [0.29, 0.717) is 23.6 Å². The van der Waals surface area contributed by atoms with Crippen LogP contribution in [0, 0.1) is 0 Å². The van der Waals surface area contributed by atoms with Gasteiger partial charge >= 0.3 is 0 Å². The number of Topliss-reactive ketones (excluding diaryl/α,β-unsaturated/α-hetero) is 1. The minimum Gasteiger partial charge on any atom is -0.494 e. The zero-order valence-electron chi connectivity index (χ0n) is 16.4. The van der Waals surface area contributed by atoms with Gasteiger partial charge in [0.05, 0.1) is 13.2 Å². The van der Waals surface area contributed by atoms with Gasteiger partial charge in [-0.15, -0.1) is 0 Å². The highest BCUT2D eigenvalue weighted by molar-refractivity contribution is 6.31. The monoisotopic (exact) mass is 420 g/mol. The first-order chi connectivity index (χ1) is 13.9. The van der Waals surface area contributed by atoms with Crippen LogP contribution >= 0.6 is 11.6 Å². The number of aliphatic hydroxyl groups is 2. The second kappa shape index (κ2) is 9.69. The van der Waals surface area contributed by atoms with Crippen LogP contribution in [0.25, 0.3) is 0 Å².